The molecule has 1 heterocycles. The molecule has 0 bridgehead atoms. The lowest BCUT2D eigenvalue weighted by atomic mass is 9.82. The third-order valence-corrected chi connectivity index (χ3v) is 12.2. The van der Waals surface area contributed by atoms with Gasteiger partial charge in [0.15, 0.2) is 0 Å². The van der Waals surface area contributed by atoms with Gasteiger partial charge < -0.3 is 9.32 Å². The fraction of sp³-hybridized carbons (Fsp3) is 0.107. The summed E-state index contributed by atoms with van der Waals surface area (Å²) in [5.74, 6) is 0.835. The minimum atomic E-state index is -0.135. The zero-order valence-electron chi connectivity index (χ0n) is 33.7. The standard InChI is InChI=1S/C56H45NO/c1-6-15-52-45(31-28-38-27-26-36(2)46(33-38)47-35-42-19-10-9-17-40(42)32-37(47)3)55-51(24-14-25-53(55)58-52)57(43-30-29-39-16-7-8-18-41(39)34-43)50-23-13-22-49-54(50)44-20-11-12-21-48(44)56(49,4)5/h6-35H,1-5H3/b15-6-,31-28?. The number of benzene rings is 8. The molecular formula is C56H45NO. The molecule has 0 spiro atoms. The Morgan fingerprint density at radius 2 is 1.19 bits per heavy atom. The molecule has 0 atom stereocenters. The summed E-state index contributed by atoms with van der Waals surface area (Å²) in [5.41, 5.74) is 16.5. The average Bonchev–Trinajstić information content (AvgIpc) is 3.72. The first kappa shape index (κ1) is 35.5. The van der Waals surface area contributed by atoms with E-state index in [1.54, 1.807) is 0 Å². The van der Waals surface area contributed by atoms with Crippen LogP contribution >= 0.6 is 0 Å². The van der Waals surface area contributed by atoms with Crippen LogP contribution in [0.15, 0.2) is 168 Å². The molecule has 1 aliphatic rings. The highest BCUT2D eigenvalue weighted by Crippen LogP contribution is 2.55. The molecule has 1 aromatic heterocycles. The monoisotopic (exact) mass is 747 g/mol. The number of allylic oxidation sites excluding steroid dienone is 1. The highest BCUT2D eigenvalue weighted by molar-refractivity contribution is 6.07. The van der Waals surface area contributed by atoms with E-state index in [1.807, 2.05) is 6.92 Å². The molecule has 2 heteroatoms. The summed E-state index contributed by atoms with van der Waals surface area (Å²) in [7, 11) is 0. The Hall–Kier alpha value is -6.90. The number of fused-ring (bicyclic) bond motifs is 6. The van der Waals surface area contributed by atoms with E-state index >= 15 is 0 Å². The molecule has 0 aliphatic heterocycles. The largest absolute Gasteiger partial charge is 0.456 e. The molecule has 0 fully saturated rings. The van der Waals surface area contributed by atoms with E-state index in [-0.39, 0.29) is 5.41 Å². The van der Waals surface area contributed by atoms with Crippen LogP contribution in [0.4, 0.5) is 17.1 Å². The summed E-state index contributed by atoms with van der Waals surface area (Å²) in [4.78, 5) is 2.46. The van der Waals surface area contributed by atoms with Gasteiger partial charge in [-0.05, 0) is 141 Å². The number of hydrogen-bond donors (Lipinski definition) is 0. The smallest absolute Gasteiger partial charge is 0.137 e. The van der Waals surface area contributed by atoms with Gasteiger partial charge in [0, 0.05) is 22.2 Å². The number of rotatable bonds is 7. The molecule has 0 saturated heterocycles. The van der Waals surface area contributed by atoms with Gasteiger partial charge in [-0.2, -0.15) is 0 Å². The van der Waals surface area contributed by atoms with Crippen molar-refractivity contribution < 1.29 is 4.42 Å². The maximum absolute atomic E-state index is 6.75. The fourth-order valence-corrected chi connectivity index (χ4v) is 9.30. The van der Waals surface area contributed by atoms with Gasteiger partial charge >= 0.3 is 0 Å². The first-order valence-corrected chi connectivity index (χ1v) is 20.3. The average molecular weight is 748 g/mol. The predicted molar refractivity (Wildman–Crippen MR) is 248 cm³/mol. The lowest BCUT2D eigenvalue weighted by Crippen LogP contribution is -2.16. The van der Waals surface area contributed by atoms with Gasteiger partial charge in [-0.15, -0.1) is 0 Å². The van der Waals surface area contributed by atoms with Gasteiger partial charge in [-0.1, -0.05) is 141 Å². The van der Waals surface area contributed by atoms with E-state index in [1.165, 1.54) is 66.1 Å². The van der Waals surface area contributed by atoms with Crippen molar-refractivity contribution >= 4 is 67.8 Å². The summed E-state index contributed by atoms with van der Waals surface area (Å²) in [5, 5.41) is 6.00. The minimum Gasteiger partial charge on any atom is -0.456 e. The molecule has 1 aliphatic carbocycles. The molecule has 0 amide bonds. The van der Waals surface area contributed by atoms with Crippen LogP contribution in [0.3, 0.4) is 0 Å². The van der Waals surface area contributed by atoms with Gasteiger partial charge in [-0.25, -0.2) is 0 Å². The first-order chi connectivity index (χ1) is 28.3. The summed E-state index contributed by atoms with van der Waals surface area (Å²) in [6.45, 7) is 11.2. The van der Waals surface area contributed by atoms with Crippen molar-refractivity contribution in [3.63, 3.8) is 0 Å². The van der Waals surface area contributed by atoms with Crippen LogP contribution in [-0.2, 0) is 5.41 Å². The third-order valence-electron chi connectivity index (χ3n) is 12.2. The van der Waals surface area contributed by atoms with E-state index in [4.69, 9.17) is 4.42 Å². The normalized spacial score (nSPS) is 13.3. The van der Waals surface area contributed by atoms with Crippen molar-refractivity contribution in [1.82, 2.24) is 0 Å². The molecule has 10 rings (SSSR count). The van der Waals surface area contributed by atoms with E-state index in [0.29, 0.717) is 0 Å². The van der Waals surface area contributed by atoms with Gasteiger partial charge in [-0.3, -0.25) is 0 Å². The number of hydrogen-bond acceptors (Lipinski definition) is 2. The zero-order chi connectivity index (χ0) is 39.5. The van der Waals surface area contributed by atoms with Gasteiger partial charge in [0.05, 0.1) is 16.8 Å². The van der Waals surface area contributed by atoms with Crippen LogP contribution in [0.5, 0.6) is 0 Å². The molecule has 0 saturated carbocycles. The van der Waals surface area contributed by atoms with Crippen molar-refractivity contribution in [3.8, 4) is 22.3 Å². The van der Waals surface area contributed by atoms with Crippen LogP contribution < -0.4 is 4.90 Å². The maximum Gasteiger partial charge on any atom is 0.137 e. The molecule has 0 unspecified atom stereocenters. The van der Waals surface area contributed by atoms with Crippen molar-refractivity contribution in [3.05, 3.63) is 203 Å². The van der Waals surface area contributed by atoms with Crippen LogP contribution in [0.25, 0.3) is 73.0 Å². The second-order valence-corrected chi connectivity index (χ2v) is 16.2. The lowest BCUT2D eigenvalue weighted by Gasteiger charge is -2.29. The third kappa shape index (κ3) is 5.79. The quantitative estimate of drug-likeness (QED) is 0.161. The number of aryl methyl sites for hydroxylation is 2. The Morgan fingerprint density at radius 3 is 2.00 bits per heavy atom. The van der Waals surface area contributed by atoms with E-state index < -0.39 is 0 Å². The van der Waals surface area contributed by atoms with E-state index in [0.717, 1.165) is 44.9 Å². The Labute approximate surface area is 341 Å². The minimum absolute atomic E-state index is 0.135. The topological polar surface area (TPSA) is 16.4 Å². The summed E-state index contributed by atoms with van der Waals surface area (Å²) in [6, 6.07) is 57.7. The second-order valence-electron chi connectivity index (χ2n) is 16.2. The number of furan rings is 1. The van der Waals surface area contributed by atoms with Crippen molar-refractivity contribution in [1.29, 1.82) is 0 Å². The van der Waals surface area contributed by atoms with Crippen molar-refractivity contribution in [2.45, 2.75) is 40.0 Å². The Morgan fingerprint density at radius 1 is 0.517 bits per heavy atom. The molecule has 8 aromatic carbocycles. The van der Waals surface area contributed by atoms with Crippen LogP contribution in [0.1, 0.15) is 59.9 Å². The maximum atomic E-state index is 6.75. The Kier molecular flexibility index (Phi) is 8.53. The van der Waals surface area contributed by atoms with Gasteiger partial charge in [0.1, 0.15) is 11.3 Å². The van der Waals surface area contributed by atoms with Crippen LogP contribution in [0, 0.1) is 13.8 Å². The molecule has 9 aromatic rings. The fourth-order valence-electron chi connectivity index (χ4n) is 9.30. The first-order valence-electron chi connectivity index (χ1n) is 20.3. The predicted octanol–water partition coefficient (Wildman–Crippen LogP) is 16.0. The Balaban J connectivity index is 1.18. The molecule has 280 valence electrons. The van der Waals surface area contributed by atoms with Crippen LogP contribution in [-0.4, -0.2) is 0 Å². The van der Waals surface area contributed by atoms with E-state index in [2.05, 4.69) is 215 Å². The number of nitrogens with zero attached hydrogens (tertiary/aromatic N) is 1. The van der Waals surface area contributed by atoms with Gasteiger partial charge in [0.25, 0.3) is 0 Å². The zero-order valence-corrected chi connectivity index (χ0v) is 33.7. The number of anilines is 3. The van der Waals surface area contributed by atoms with Gasteiger partial charge in [0.2, 0.25) is 0 Å². The van der Waals surface area contributed by atoms with Crippen LogP contribution in [0.2, 0.25) is 0 Å². The molecule has 0 radical (unpaired) electrons. The summed E-state index contributed by atoms with van der Waals surface area (Å²) in [6.07, 6.45) is 8.64. The van der Waals surface area contributed by atoms with Crippen molar-refractivity contribution in [2.75, 3.05) is 4.90 Å². The van der Waals surface area contributed by atoms with E-state index in [9.17, 15) is 0 Å². The molecule has 0 N–H and O–H groups in total. The molecular weight excluding hydrogens is 703 g/mol. The second kappa shape index (κ2) is 13.9. The summed E-state index contributed by atoms with van der Waals surface area (Å²) >= 11 is 0. The summed E-state index contributed by atoms with van der Waals surface area (Å²) < 4.78 is 6.75. The lowest BCUT2D eigenvalue weighted by molar-refractivity contribution is 0.603. The highest BCUT2D eigenvalue weighted by atomic mass is 16.3. The molecule has 2 nitrogen and oxygen atoms in total. The Bertz CT molecular complexity index is 3140. The van der Waals surface area contributed by atoms with Crippen molar-refractivity contribution in [2.24, 2.45) is 0 Å². The molecule has 58 heavy (non-hydrogen) atoms. The highest BCUT2D eigenvalue weighted by Gasteiger charge is 2.38. The SMILES string of the molecule is C/C=C\c1oc2cccc(N(c3ccc4ccccc4c3)c3cccc4c3-c3ccccc3C4(C)C)c2c1C=Cc1ccc(C)c(-c2cc3ccccc3cc2C)c1.